The van der Waals surface area contributed by atoms with Crippen molar-refractivity contribution in [2.75, 3.05) is 33.1 Å². The minimum atomic E-state index is -0.125. The summed E-state index contributed by atoms with van der Waals surface area (Å²) in [6, 6.07) is 18.2. The molecule has 0 aromatic heterocycles. The van der Waals surface area contributed by atoms with E-state index in [1.807, 2.05) is 80.6 Å². The van der Waals surface area contributed by atoms with Crippen LogP contribution >= 0.6 is 0 Å². The van der Waals surface area contributed by atoms with Gasteiger partial charge in [-0.05, 0) is 43.9 Å². The fraction of sp³-hybridized carbons (Fsp3) is 0.300. The quantitative estimate of drug-likeness (QED) is 0.871. The number of hydrogen-bond donors (Lipinski definition) is 2. The molecule has 1 aliphatic heterocycles. The van der Waals surface area contributed by atoms with Crippen LogP contribution in [0.2, 0.25) is 0 Å². The normalized spacial score (nSPS) is 18.8. The van der Waals surface area contributed by atoms with Crippen LogP contribution in [0.4, 0.5) is 11.4 Å². The Morgan fingerprint density at radius 1 is 1.00 bits per heavy atom. The van der Waals surface area contributed by atoms with Crippen LogP contribution in [0.25, 0.3) is 0 Å². The van der Waals surface area contributed by atoms with Gasteiger partial charge >= 0.3 is 0 Å². The summed E-state index contributed by atoms with van der Waals surface area (Å²) < 4.78 is 0. The molecule has 0 saturated carbocycles. The predicted molar refractivity (Wildman–Crippen MR) is 108 cm³/mol. The van der Waals surface area contributed by atoms with Crippen molar-refractivity contribution < 1.29 is 0 Å². The average Bonchev–Trinajstić information content (AvgIpc) is 2.93. The van der Waals surface area contributed by atoms with Crippen LogP contribution in [0.1, 0.15) is 5.56 Å². The molecule has 26 heavy (non-hydrogen) atoms. The SMILES string of the molecule is CN(C)c1ccc(N=C2C(=N)N(Cc3ccccc3)NC2N(C)C)cc1. The third-order valence-electron chi connectivity index (χ3n) is 4.37. The van der Waals surface area contributed by atoms with E-state index in [2.05, 4.69) is 22.5 Å². The Morgan fingerprint density at radius 3 is 2.23 bits per heavy atom. The van der Waals surface area contributed by atoms with Gasteiger partial charge in [0.2, 0.25) is 0 Å². The summed E-state index contributed by atoms with van der Waals surface area (Å²) in [4.78, 5) is 8.85. The first kappa shape index (κ1) is 18.1. The van der Waals surface area contributed by atoms with Gasteiger partial charge in [-0.25, -0.2) is 10.4 Å². The molecule has 2 aromatic rings. The standard InChI is InChI=1S/C20H26N6/c1-24(2)17-12-10-16(11-13-17)22-18-19(21)26(23-20(18)25(3)4)14-15-8-6-5-7-9-15/h5-13,20-21,23H,14H2,1-4H3. The fourth-order valence-electron chi connectivity index (χ4n) is 2.87. The van der Waals surface area contributed by atoms with Crippen LogP contribution in [0.3, 0.4) is 0 Å². The topological polar surface area (TPSA) is 58.0 Å². The second-order valence-electron chi connectivity index (χ2n) is 6.82. The summed E-state index contributed by atoms with van der Waals surface area (Å²) in [5, 5.41) is 10.4. The van der Waals surface area contributed by atoms with Crippen molar-refractivity contribution >= 4 is 22.9 Å². The Bertz CT molecular complexity index is 780. The molecule has 1 fully saturated rings. The summed E-state index contributed by atoms with van der Waals surface area (Å²) >= 11 is 0. The Hall–Kier alpha value is -2.70. The maximum absolute atomic E-state index is 8.59. The second kappa shape index (κ2) is 7.68. The minimum absolute atomic E-state index is 0.125. The summed E-state index contributed by atoms with van der Waals surface area (Å²) in [5.41, 5.74) is 7.24. The number of nitrogens with zero attached hydrogens (tertiary/aromatic N) is 4. The van der Waals surface area contributed by atoms with E-state index in [9.17, 15) is 0 Å². The zero-order valence-electron chi connectivity index (χ0n) is 15.8. The highest BCUT2D eigenvalue weighted by molar-refractivity contribution is 6.43. The smallest absolute Gasteiger partial charge is 0.160 e. The van der Waals surface area contributed by atoms with Crippen molar-refractivity contribution in [3.8, 4) is 0 Å². The van der Waals surface area contributed by atoms with Gasteiger partial charge in [-0.2, -0.15) is 0 Å². The molecule has 6 heteroatoms. The zero-order valence-corrected chi connectivity index (χ0v) is 15.8. The van der Waals surface area contributed by atoms with Gasteiger partial charge in [0.05, 0.1) is 12.2 Å². The molecule has 0 aliphatic carbocycles. The number of rotatable bonds is 5. The van der Waals surface area contributed by atoms with Crippen molar-refractivity contribution in [2.45, 2.75) is 12.7 Å². The number of aliphatic imine (C=N–C) groups is 1. The zero-order chi connectivity index (χ0) is 18.7. The Kier molecular flexibility index (Phi) is 5.35. The third-order valence-corrected chi connectivity index (χ3v) is 4.37. The molecule has 6 nitrogen and oxygen atoms in total. The van der Waals surface area contributed by atoms with Gasteiger partial charge in [-0.1, -0.05) is 30.3 Å². The molecule has 1 aliphatic rings. The Morgan fingerprint density at radius 2 is 1.65 bits per heavy atom. The van der Waals surface area contributed by atoms with Crippen LogP contribution in [0.5, 0.6) is 0 Å². The largest absolute Gasteiger partial charge is 0.378 e. The van der Waals surface area contributed by atoms with Gasteiger partial charge in [0.25, 0.3) is 0 Å². The van der Waals surface area contributed by atoms with Gasteiger partial charge < -0.3 is 4.90 Å². The molecule has 136 valence electrons. The summed E-state index contributed by atoms with van der Waals surface area (Å²) in [6.45, 7) is 0.628. The lowest BCUT2D eigenvalue weighted by atomic mass is 10.2. The lowest BCUT2D eigenvalue weighted by Gasteiger charge is -2.21. The van der Waals surface area contributed by atoms with E-state index < -0.39 is 0 Å². The molecule has 2 aromatic carbocycles. The molecular weight excluding hydrogens is 324 g/mol. The van der Waals surface area contributed by atoms with Crippen molar-refractivity contribution in [2.24, 2.45) is 4.99 Å². The van der Waals surface area contributed by atoms with Crippen LogP contribution in [-0.4, -0.2) is 55.8 Å². The van der Waals surface area contributed by atoms with E-state index in [1.54, 1.807) is 0 Å². The number of hydrogen-bond acceptors (Lipinski definition) is 5. The molecule has 1 saturated heterocycles. The van der Waals surface area contributed by atoms with Crippen LogP contribution in [0, 0.1) is 5.41 Å². The first-order chi connectivity index (χ1) is 12.5. The summed E-state index contributed by atoms with van der Waals surface area (Å²) in [5.74, 6) is 0.407. The molecule has 1 heterocycles. The van der Waals surface area contributed by atoms with E-state index in [4.69, 9.17) is 10.4 Å². The number of amidine groups is 1. The molecule has 3 rings (SSSR count). The molecule has 0 bridgehead atoms. The Balaban J connectivity index is 1.85. The van der Waals surface area contributed by atoms with Gasteiger partial charge in [0.1, 0.15) is 11.9 Å². The molecule has 2 N–H and O–H groups in total. The molecule has 1 unspecified atom stereocenters. The number of nitrogens with one attached hydrogen (secondary N) is 2. The molecular formula is C20H26N6. The maximum atomic E-state index is 8.59. The summed E-state index contributed by atoms with van der Waals surface area (Å²) in [6.07, 6.45) is -0.125. The van der Waals surface area contributed by atoms with Crippen LogP contribution in [0.15, 0.2) is 59.6 Å². The predicted octanol–water partition coefficient (Wildman–Crippen LogP) is 2.71. The molecule has 1 atom stereocenters. The minimum Gasteiger partial charge on any atom is -0.378 e. The number of benzene rings is 2. The lowest BCUT2D eigenvalue weighted by molar-refractivity contribution is 0.214. The number of anilines is 1. The third kappa shape index (κ3) is 3.92. The first-order valence-electron chi connectivity index (χ1n) is 8.64. The van der Waals surface area contributed by atoms with E-state index in [1.165, 1.54) is 0 Å². The van der Waals surface area contributed by atoms with Gasteiger partial charge in [0.15, 0.2) is 5.84 Å². The highest BCUT2D eigenvalue weighted by atomic mass is 15.6. The van der Waals surface area contributed by atoms with Crippen molar-refractivity contribution in [3.05, 3.63) is 60.2 Å². The van der Waals surface area contributed by atoms with Crippen LogP contribution in [-0.2, 0) is 6.54 Å². The molecule has 0 amide bonds. The van der Waals surface area contributed by atoms with E-state index in [0.29, 0.717) is 12.4 Å². The summed E-state index contributed by atoms with van der Waals surface area (Å²) in [7, 11) is 8.01. The van der Waals surface area contributed by atoms with Crippen molar-refractivity contribution in [1.82, 2.24) is 15.3 Å². The Labute approximate surface area is 155 Å². The van der Waals surface area contributed by atoms with E-state index >= 15 is 0 Å². The molecule has 0 spiro atoms. The fourth-order valence-corrected chi connectivity index (χ4v) is 2.87. The monoisotopic (exact) mass is 350 g/mol. The average molecular weight is 350 g/mol. The van der Waals surface area contributed by atoms with Crippen molar-refractivity contribution in [1.29, 1.82) is 5.41 Å². The van der Waals surface area contributed by atoms with Crippen molar-refractivity contribution in [3.63, 3.8) is 0 Å². The highest BCUT2D eigenvalue weighted by Crippen LogP contribution is 2.21. The number of hydrazine groups is 1. The van der Waals surface area contributed by atoms with Crippen LogP contribution < -0.4 is 10.3 Å². The lowest BCUT2D eigenvalue weighted by Crippen LogP contribution is -2.44. The first-order valence-corrected chi connectivity index (χ1v) is 8.64. The van der Waals surface area contributed by atoms with Gasteiger partial charge in [-0.3, -0.25) is 15.3 Å². The van der Waals surface area contributed by atoms with E-state index in [0.717, 1.165) is 22.6 Å². The highest BCUT2D eigenvalue weighted by Gasteiger charge is 2.34. The van der Waals surface area contributed by atoms with Gasteiger partial charge in [-0.15, -0.1) is 0 Å². The second-order valence-corrected chi connectivity index (χ2v) is 6.82. The molecule has 0 radical (unpaired) electrons. The maximum Gasteiger partial charge on any atom is 0.160 e. The van der Waals surface area contributed by atoms with Gasteiger partial charge in [0, 0.05) is 19.8 Å². The van der Waals surface area contributed by atoms with E-state index in [-0.39, 0.29) is 6.17 Å².